The number of anilines is 3. The summed E-state index contributed by atoms with van der Waals surface area (Å²) in [5.74, 6) is 0. The molecule has 106 valence electrons. The first kappa shape index (κ1) is 13.2. The van der Waals surface area contributed by atoms with Gasteiger partial charge in [-0.25, -0.2) is 4.98 Å². The maximum Gasteiger partial charge on any atom is 0.185 e. The normalized spacial score (nSPS) is 15.4. The molecule has 0 spiro atoms. The lowest BCUT2D eigenvalue weighted by atomic mass is 10.2. The van der Waals surface area contributed by atoms with Crippen LogP contribution in [0.1, 0.15) is 6.92 Å². The summed E-state index contributed by atoms with van der Waals surface area (Å²) in [4.78, 5) is 13.4. The first-order valence-corrected chi connectivity index (χ1v) is 7.83. The van der Waals surface area contributed by atoms with Crippen molar-refractivity contribution in [2.75, 3.05) is 47.8 Å². The topological polar surface area (TPSA) is 44.3 Å². The van der Waals surface area contributed by atoms with E-state index in [2.05, 4.69) is 38.1 Å². The van der Waals surface area contributed by atoms with Gasteiger partial charge in [0.15, 0.2) is 5.13 Å². The Bertz CT molecular complexity index is 534. The van der Waals surface area contributed by atoms with Crippen molar-refractivity contribution in [2.45, 2.75) is 6.92 Å². The number of nitrogens with zero attached hydrogens (tertiary/aromatic N) is 4. The van der Waals surface area contributed by atoms with Crippen LogP contribution in [0.4, 0.5) is 16.5 Å². The molecule has 0 unspecified atom stereocenters. The average Bonchev–Trinajstić information content (AvgIpc) is 3.02. The van der Waals surface area contributed by atoms with Gasteiger partial charge in [-0.2, -0.15) is 0 Å². The van der Waals surface area contributed by atoms with Gasteiger partial charge in [0, 0.05) is 44.3 Å². The fourth-order valence-corrected chi connectivity index (χ4v) is 3.13. The van der Waals surface area contributed by atoms with Gasteiger partial charge in [0.25, 0.3) is 0 Å². The summed E-state index contributed by atoms with van der Waals surface area (Å²) in [5.41, 5.74) is 2.29. The highest BCUT2D eigenvalue weighted by molar-refractivity contribution is 7.13. The van der Waals surface area contributed by atoms with Gasteiger partial charge < -0.3 is 15.1 Å². The molecule has 2 aromatic heterocycles. The number of rotatable bonds is 4. The first-order chi connectivity index (χ1) is 9.86. The van der Waals surface area contributed by atoms with Crippen LogP contribution in [0.5, 0.6) is 0 Å². The van der Waals surface area contributed by atoms with Gasteiger partial charge >= 0.3 is 0 Å². The smallest absolute Gasteiger partial charge is 0.185 e. The predicted molar refractivity (Wildman–Crippen MR) is 84.9 cm³/mol. The van der Waals surface area contributed by atoms with Gasteiger partial charge in [0.1, 0.15) is 0 Å². The molecule has 5 nitrogen and oxygen atoms in total. The minimum Gasteiger partial charge on any atom is -0.384 e. The zero-order valence-corrected chi connectivity index (χ0v) is 12.4. The quantitative estimate of drug-likeness (QED) is 0.935. The highest BCUT2D eigenvalue weighted by Crippen LogP contribution is 2.23. The van der Waals surface area contributed by atoms with E-state index in [9.17, 15) is 0 Å². The van der Waals surface area contributed by atoms with Gasteiger partial charge in [-0.3, -0.25) is 4.98 Å². The second-order valence-corrected chi connectivity index (χ2v) is 5.62. The Morgan fingerprint density at radius 3 is 2.70 bits per heavy atom. The molecule has 20 heavy (non-hydrogen) atoms. The lowest BCUT2D eigenvalue weighted by Crippen LogP contribution is -2.46. The van der Waals surface area contributed by atoms with E-state index >= 15 is 0 Å². The molecule has 0 radical (unpaired) electrons. The standard InChI is InChI=1S/C14H19N5S/c1-2-16-12-9-13(11-15-10-12)18-4-6-19(7-5-18)14-17-3-8-20-14/h3,8-11,16H,2,4-7H2,1H3. The second-order valence-electron chi connectivity index (χ2n) is 4.75. The average molecular weight is 289 g/mol. The molecule has 0 amide bonds. The van der Waals surface area contributed by atoms with Crippen molar-refractivity contribution in [3.05, 3.63) is 30.0 Å². The van der Waals surface area contributed by atoms with E-state index in [1.54, 1.807) is 11.3 Å². The molecule has 1 N–H and O–H groups in total. The zero-order valence-electron chi connectivity index (χ0n) is 11.6. The largest absolute Gasteiger partial charge is 0.384 e. The Hall–Kier alpha value is -1.82. The molecule has 3 heterocycles. The number of piperazine rings is 1. The summed E-state index contributed by atoms with van der Waals surface area (Å²) in [7, 11) is 0. The molecule has 0 atom stereocenters. The Kier molecular flexibility index (Phi) is 4.01. The van der Waals surface area contributed by atoms with Crippen molar-refractivity contribution in [3.8, 4) is 0 Å². The Morgan fingerprint density at radius 1 is 1.20 bits per heavy atom. The molecule has 0 bridgehead atoms. The molecule has 1 aliphatic rings. The second kappa shape index (κ2) is 6.09. The van der Waals surface area contributed by atoms with Crippen LogP contribution in [0.15, 0.2) is 30.0 Å². The fraction of sp³-hybridized carbons (Fsp3) is 0.429. The van der Waals surface area contributed by atoms with E-state index in [0.717, 1.165) is 43.5 Å². The van der Waals surface area contributed by atoms with Crippen LogP contribution in [0.25, 0.3) is 0 Å². The number of aromatic nitrogens is 2. The Labute approximate surface area is 123 Å². The van der Waals surface area contributed by atoms with E-state index in [1.807, 2.05) is 24.0 Å². The van der Waals surface area contributed by atoms with Crippen molar-refractivity contribution in [1.29, 1.82) is 0 Å². The van der Waals surface area contributed by atoms with Gasteiger partial charge in [0.2, 0.25) is 0 Å². The minimum absolute atomic E-state index is 0.920. The van der Waals surface area contributed by atoms with Gasteiger partial charge in [-0.15, -0.1) is 11.3 Å². The molecular formula is C14H19N5S. The van der Waals surface area contributed by atoms with Gasteiger partial charge in [-0.05, 0) is 13.0 Å². The number of thiazole rings is 1. The summed E-state index contributed by atoms with van der Waals surface area (Å²) in [6.07, 6.45) is 5.69. The summed E-state index contributed by atoms with van der Waals surface area (Å²) in [6.45, 7) is 7.06. The summed E-state index contributed by atoms with van der Waals surface area (Å²) < 4.78 is 0. The molecule has 1 fully saturated rings. The molecule has 0 aromatic carbocycles. The number of pyridine rings is 1. The Morgan fingerprint density at radius 2 is 2.00 bits per heavy atom. The molecule has 0 saturated carbocycles. The highest BCUT2D eigenvalue weighted by Gasteiger charge is 2.19. The third-order valence-corrected chi connectivity index (χ3v) is 4.27. The molecule has 0 aliphatic carbocycles. The van der Waals surface area contributed by atoms with Crippen molar-refractivity contribution in [3.63, 3.8) is 0 Å². The van der Waals surface area contributed by atoms with E-state index in [4.69, 9.17) is 0 Å². The van der Waals surface area contributed by atoms with Crippen LogP contribution in [0, 0.1) is 0 Å². The lowest BCUT2D eigenvalue weighted by molar-refractivity contribution is 0.651. The number of nitrogens with one attached hydrogen (secondary N) is 1. The van der Waals surface area contributed by atoms with Gasteiger partial charge in [0.05, 0.1) is 23.8 Å². The maximum atomic E-state index is 4.38. The van der Waals surface area contributed by atoms with Crippen molar-refractivity contribution in [2.24, 2.45) is 0 Å². The minimum atomic E-state index is 0.920. The first-order valence-electron chi connectivity index (χ1n) is 6.95. The number of hydrogen-bond acceptors (Lipinski definition) is 6. The molecule has 3 rings (SSSR count). The van der Waals surface area contributed by atoms with Gasteiger partial charge in [-0.1, -0.05) is 0 Å². The van der Waals surface area contributed by atoms with E-state index in [0.29, 0.717) is 0 Å². The molecule has 2 aromatic rings. The molecular weight excluding hydrogens is 270 g/mol. The van der Waals surface area contributed by atoms with E-state index in [-0.39, 0.29) is 0 Å². The van der Waals surface area contributed by atoms with Crippen LogP contribution in [0.3, 0.4) is 0 Å². The summed E-state index contributed by atoms with van der Waals surface area (Å²) in [6, 6.07) is 2.18. The molecule has 1 saturated heterocycles. The van der Waals surface area contributed by atoms with E-state index < -0.39 is 0 Å². The molecule has 1 aliphatic heterocycles. The SMILES string of the molecule is CCNc1cncc(N2CCN(c3nccs3)CC2)c1. The van der Waals surface area contributed by atoms with Crippen LogP contribution in [-0.2, 0) is 0 Å². The lowest BCUT2D eigenvalue weighted by Gasteiger charge is -2.35. The maximum absolute atomic E-state index is 4.38. The fourth-order valence-electron chi connectivity index (χ4n) is 2.43. The highest BCUT2D eigenvalue weighted by atomic mass is 32.1. The summed E-state index contributed by atoms with van der Waals surface area (Å²) in [5, 5.41) is 6.47. The van der Waals surface area contributed by atoms with Crippen LogP contribution < -0.4 is 15.1 Å². The van der Waals surface area contributed by atoms with Crippen molar-refractivity contribution in [1.82, 2.24) is 9.97 Å². The summed E-state index contributed by atoms with van der Waals surface area (Å²) >= 11 is 1.71. The van der Waals surface area contributed by atoms with Crippen LogP contribution in [-0.4, -0.2) is 42.7 Å². The van der Waals surface area contributed by atoms with E-state index in [1.165, 1.54) is 5.69 Å². The van der Waals surface area contributed by atoms with Crippen LogP contribution in [0.2, 0.25) is 0 Å². The molecule has 6 heteroatoms. The third kappa shape index (κ3) is 2.85. The van der Waals surface area contributed by atoms with Crippen molar-refractivity contribution >= 4 is 27.8 Å². The van der Waals surface area contributed by atoms with Crippen LogP contribution >= 0.6 is 11.3 Å². The predicted octanol–water partition coefficient (Wildman–Crippen LogP) is 2.30. The van der Waals surface area contributed by atoms with Crippen molar-refractivity contribution < 1.29 is 0 Å². The third-order valence-electron chi connectivity index (χ3n) is 3.44. The zero-order chi connectivity index (χ0) is 13.8. The Balaban J connectivity index is 1.64. The number of hydrogen-bond donors (Lipinski definition) is 1. The monoisotopic (exact) mass is 289 g/mol.